The zero-order chi connectivity index (χ0) is 45.3. The molecule has 0 saturated heterocycles. The molecule has 0 aliphatic rings. The lowest BCUT2D eigenvalue weighted by Crippen LogP contribution is -2.57. The average Bonchev–Trinajstić information content (AvgIpc) is 3.64. The third kappa shape index (κ3) is 14.8. The van der Waals surface area contributed by atoms with Crippen LogP contribution in [0.15, 0.2) is 85.1 Å². The first-order chi connectivity index (χ1) is 29.5. The van der Waals surface area contributed by atoms with Crippen LogP contribution in [0.25, 0.3) is 10.9 Å². The van der Waals surface area contributed by atoms with E-state index in [1.54, 1.807) is 60.8 Å². The van der Waals surface area contributed by atoms with Gasteiger partial charge >= 0.3 is 5.97 Å². The second-order valence-electron chi connectivity index (χ2n) is 14.2. The van der Waals surface area contributed by atoms with Crippen molar-refractivity contribution in [3.63, 3.8) is 0 Å². The zero-order valence-corrected chi connectivity index (χ0v) is 33.2. The van der Waals surface area contributed by atoms with E-state index in [-0.39, 0.29) is 25.0 Å². The number of H-pyrrole nitrogens is 1. The van der Waals surface area contributed by atoms with Gasteiger partial charge in [-0.05, 0) is 41.3 Å². The summed E-state index contributed by atoms with van der Waals surface area (Å²) in [5, 5.41) is 34.0. The van der Waals surface area contributed by atoms with E-state index in [9.17, 15) is 53.4 Å². The number of carboxylic acid groups (broad SMARTS) is 1. The van der Waals surface area contributed by atoms with Gasteiger partial charge in [0.15, 0.2) is 0 Å². The van der Waals surface area contributed by atoms with Crippen molar-refractivity contribution in [1.29, 1.82) is 0 Å². The Labute approximate surface area is 353 Å². The van der Waals surface area contributed by atoms with E-state index in [4.69, 9.17) is 17.2 Å². The molecule has 21 nitrogen and oxygen atoms in total. The topological polar surface area (TPSA) is 360 Å². The van der Waals surface area contributed by atoms with Crippen LogP contribution in [-0.2, 0) is 62.4 Å². The van der Waals surface area contributed by atoms with E-state index in [1.165, 1.54) is 24.3 Å². The van der Waals surface area contributed by atoms with Crippen molar-refractivity contribution in [1.82, 2.24) is 36.9 Å². The van der Waals surface area contributed by atoms with E-state index in [2.05, 4.69) is 36.9 Å². The fraction of sp³-hybridized carbons (Fsp3) is 0.293. The highest BCUT2D eigenvalue weighted by Gasteiger charge is 2.31. The number of phenols is 1. The van der Waals surface area contributed by atoms with Crippen LogP contribution in [0.3, 0.4) is 0 Å². The number of nitrogens with one attached hydrogen (secondary N) is 7. The van der Waals surface area contributed by atoms with Crippen LogP contribution in [-0.4, -0.2) is 112 Å². The molecule has 15 N–H and O–H groups in total. The summed E-state index contributed by atoms with van der Waals surface area (Å²) >= 11 is 0. The number of aromatic nitrogens is 1. The Balaban J connectivity index is 1.42. The van der Waals surface area contributed by atoms with Crippen molar-refractivity contribution in [2.24, 2.45) is 17.2 Å². The van der Waals surface area contributed by atoms with Gasteiger partial charge in [-0.25, -0.2) is 4.79 Å². The number of aromatic hydroxyl groups is 1. The minimum absolute atomic E-state index is 0.0798. The molecular formula is C41H48N10O11. The molecule has 0 saturated carbocycles. The molecule has 3 aromatic carbocycles. The monoisotopic (exact) mass is 856 g/mol. The number of rotatable bonds is 23. The number of nitrogens with two attached hydrogens (primary N) is 3. The fourth-order valence-corrected chi connectivity index (χ4v) is 6.18. The van der Waals surface area contributed by atoms with Gasteiger partial charge in [-0.3, -0.25) is 38.4 Å². The molecule has 0 radical (unpaired) electrons. The molecular weight excluding hydrogens is 809 g/mol. The summed E-state index contributed by atoms with van der Waals surface area (Å²) in [6.07, 6.45) is 0.0639. The molecule has 328 valence electrons. The van der Waals surface area contributed by atoms with Gasteiger partial charge in [0.25, 0.3) is 0 Å². The lowest BCUT2D eigenvalue weighted by atomic mass is 10.0. The number of aromatic amines is 1. The number of benzene rings is 3. The summed E-state index contributed by atoms with van der Waals surface area (Å²) in [7, 11) is 0. The molecule has 0 unspecified atom stereocenters. The molecule has 5 atom stereocenters. The average molecular weight is 857 g/mol. The Morgan fingerprint density at radius 1 is 0.565 bits per heavy atom. The predicted molar refractivity (Wildman–Crippen MR) is 221 cm³/mol. The van der Waals surface area contributed by atoms with E-state index in [0.717, 1.165) is 16.5 Å². The van der Waals surface area contributed by atoms with E-state index < -0.39 is 109 Å². The molecule has 1 aromatic heterocycles. The Morgan fingerprint density at radius 3 is 1.77 bits per heavy atom. The van der Waals surface area contributed by atoms with E-state index in [1.807, 2.05) is 0 Å². The number of aliphatic carboxylic acids is 1. The van der Waals surface area contributed by atoms with Crippen molar-refractivity contribution in [3.8, 4) is 5.75 Å². The summed E-state index contributed by atoms with van der Waals surface area (Å²) in [5.41, 5.74) is 19.1. The van der Waals surface area contributed by atoms with Crippen molar-refractivity contribution in [3.05, 3.63) is 102 Å². The van der Waals surface area contributed by atoms with Crippen LogP contribution < -0.4 is 49.1 Å². The predicted octanol–water partition coefficient (Wildman–Crippen LogP) is -2.76. The molecule has 4 rings (SSSR count). The standard InChI is InChI=1S/C41H48N10O11/c42-27(14-22-6-2-1-3-7-22)37(57)49-31(17-33(43)53)40(60)50-30(16-24-19-45-28-9-5-4-8-26(24)28)38(58)47-20-35(55)46-21-36(56)48-29(15-23-10-12-25(52)13-11-23)39(59)51-32(41(61)62)18-34(44)54/h1-13,19,27,29-32,45,52H,14-18,20-21,42H2,(H2,43,53)(H2,44,54)(H,46,55)(H,47,58)(H,48,56)(H,49,57)(H,50,60)(H,51,59)(H,61,62)/t27-,29-,30-,31-,32-/m0/s1. The first kappa shape index (κ1) is 46.9. The highest BCUT2D eigenvalue weighted by atomic mass is 16.4. The number of carbonyl (C=O) groups excluding carboxylic acids is 8. The zero-order valence-electron chi connectivity index (χ0n) is 33.2. The summed E-state index contributed by atoms with van der Waals surface area (Å²) in [6.45, 7) is -1.42. The van der Waals surface area contributed by atoms with Crippen molar-refractivity contribution >= 4 is 64.1 Å². The van der Waals surface area contributed by atoms with Gasteiger partial charge in [0.1, 0.15) is 29.9 Å². The summed E-state index contributed by atoms with van der Waals surface area (Å²) in [6, 6.07) is 14.4. The van der Waals surface area contributed by atoms with Crippen LogP contribution in [0.4, 0.5) is 0 Å². The fourth-order valence-electron chi connectivity index (χ4n) is 6.18. The molecule has 0 spiro atoms. The minimum atomic E-state index is -1.71. The maximum absolute atomic E-state index is 13.7. The Hall–Kier alpha value is -7.81. The lowest BCUT2D eigenvalue weighted by Gasteiger charge is -2.24. The SMILES string of the molecule is NC(=O)C[C@H](NC(=O)[C@H](Cc1ccc(O)cc1)NC(=O)CNC(=O)CNC(=O)[C@H](Cc1c[nH]c2ccccc12)NC(=O)[C@H](CC(N)=O)NC(=O)[C@@H](N)Cc1ccccc1)C(=O)O. The largest absolute Gasteiger partial charge is 0.508 e. The van der Waals surface area contributed by atoms with Gasteiger partial charge in [0, 0.05) is 29.9 Å². The second kappa shape index (κ2) is 22.5. The molecule has 0 bridgehead atoms. The van der Waals surface area contributed by atoms with Gasteiger partial charge in [-0.1, -0.05) is 60.7 Å². The van der Waals surface area contributed by atoms with Gasteiger partial charge < -0.3 is 64.3 Å². The van der Waals surface area contributed by atoms with Crippen LogP contribution in [0.1, 0.15) is 29.5 Å². The van der Waals surface area contributed by atoms with Crippen LogP contribution >= 0.6 is 0 Å². The van der Waals surface area contributed by atoms with Crippen molar-refractivity contribution in [2.75, 3.05) is 13.1 Å². The number of para-hydroxylation sites is 1. The van der Waals surface area contributed by atoms with Gasteiger partial charge in [-0.2, -0.15) is 0 Å². The molecule has 0 aliphatic carbocycles. The molecule has 4 aromatic rings. The number of fused-ring (bicyclic) bond motifs is 1. The molecule has 0 aliphatic heterocycles. The summed E-state index contributed by atoms with van der Waals surface area (Å²) in [4.78, 5) is 117. The normalized spacial score (nSPS) is 13.2. The van der Waals surface area contributed by atoms with Gasteiger partial charge in [0.05, 0.1) is 32.0 Å². The van der Waals surface area contributed by atoms with E-state index >= 15 is 0 Å². The Kier molecular flexibility index (Phi) is 17.0. The minimum Gasteiger partial charge on any atom is -0.508 e. The molecule has 21 heteroatoms. The third-order valence-electron chi connectivity index (χ3n) is 9.32. The Morgan fingerprint density at radius 2 is 1.11 bits per heavy atom. The number of carboxylic acids is 1. The number of hydrogen-bond donors (Lipinski definition) is 12. The highest BCUT2D eigenvalue weighted by molar-refractivity contribution is 5.97. The number of primary amides is 2. The number of hydrogen-bond acceptors (Lipinski definition) is 11. The van der Waals surface area contributed by atoms with E-state index in [0.29, 0.717) is 11.1 Å². The maximum Gasteiger partial charge on any atom is 0.326 e. The van der Waals surface area contributed by atoms with Crippen molar-refractivity contribution < 1.29 is 53.4 Å². The summed E-state index contributed by atoms with van der Waals surface area (Å²) in [5.74, 6) is -8.89. The van der Waals surface area contributed by atoms with Gasteiger partial charge in [0.2, 0.25) is 47.3 Å². The first-order valence-electron chi connectivity index (χ1n) is 19.2. The third-order valence-corrected chi connectivity index (χ3v) is 9.32. The molecule has 8 amide bonds. The lowest BCUT2D eigenvalue weighted by molar-refractivity contribution is -0.143. The first-order valence-corrected chi connectivity index (χ1v) is 19.2. The van der Waals surface area contributed by atoms with Crippen LogP contribution in [0, 0.1) is 0 Å². The molecule has 62 heavy (non-hydrogen) atoms. The quantitative estimate of drug-likeness (QED) is 0.0361. The van der Waals surface area contributed by atoms with Crippen LogP contribution in [0.2, 0.25) is 0 Å². The smallest absolute Gasteiger partial charge is 0.326 e. The second-order valence-corrected chi connectivity index (χ2v) is 14.2. The summed E-state index contributed by atoms with van der Waals surface area (Å²) < 4.78 is 0. The highest BCUT2D eigenvalue weighted by Crippen LogP contribution is 2.19. The van der Waals surface area contributed by atoms with Crippen molar-refractivity contribution in [2.45, 2.75) is 62.3 Å². The maximum atomic E-state index is 13.7. The molecule has 0 fully saturated rings. The van der Waals surface area contributed by atoms with Crippen LogP contribution in [0.5, 0.6) is 5.75 Å². The van der Waals surface area contributed by atoms with Gasteiger partial charge in [-0.15, -0.1) is 0 Å². The Bertz CT molecular complexity index is 2270. The number of amides is 8. The number of carbonyl (C=O) groups is 9. The molecule has 1 heterocycles. The number of phenolic OH excluding ortho intramolecular Hbond substituents is 1.